The first-order valence-corrected chi connectivity index (χ1v) is 9.34. The van der Waals surface area contributed by atoms with E-state index in [-0.39, 0.29) is 17.9 Å². The van der Waals surface area contributed by atoms with Gasteiger partial charge in [0.25, 0.3) is 0 Å². The molecule has 3 rings (SSSR count). The standard InChI is InChI=1S/C19H24N2O2S/c1-13-12-24-18(20-13)17-6-4-5-11-21(17)19(22)14(2)15-7-9-16(23-3)10-8-15/h7-10,12,14,17H,4-6,11H2,1-3H3/t14-,17-/m1/s1. The third-order valence-electron chi connectivity index (χ3n) is 4.69. The molecule has 128 valence electrons. The summed E-state index contributed by atoms with van der Waals surface area (Å²) in [5, 5.41) is 3.14. The van der Waals surface area contributed by atoms with Crippen molar-refractivity contribution in [1.82, 2.24) is 9.88 Å². The molecule has 1 saturated heterocycles. The summed E-state index contributed by atoms with van der Waals surface area (Å²) < 4.78 is 5.20. The van der Waals surface area contributed by atoms with Gasteiger partial charge in [-0.1, -0.05) is 12.1 Å². The van der Waals surface area contributed by atoms with Crippen molar-refractivity contribution < 1.29 is 9.53 Å². The van der Waals surface area contributed by atoms with E-state index < -0.39 is 0 Å². The summed E-state index contributed by atoms with van der Waals surface area (Å²) in [7, 11) is 1.65. The van der Waals surface area contributed by atoms with Crippen LogP contribution in [-0.2, 0) is 4.79 Å². The van der Waals surface area contributed by atoms with E-state index in [1.807, 2.05) is 43.0 Å². The summed E-state index contributed by atoms with van der Waals surface area (Å²) in [5.41, 5.74) is 2.07. The Labute approximate surface area is 147 Å². The number of aryl methyl sites for hydroxylation is 1. The van der Waals surface area contributed by atoms with Crippen LogP contribution in [0.1, 0.15) is 54.4 Å². The normalized spacial score (nSPS) is 19.1. The average Bonchev–Trinajstić information content (AvgIpc) is 3.07. The fourth-order valence-electron chi connectivity index (χ4n) is 3.26. The van der Waals surface area contributed by atoms with E-state index in [1.54, 1.807) is 18.4 Å². The van der Waals surface area contributed by atoms with E-state index in [0.717, 1.165) is 47.8 Å². The number of carbonyl (C=O) groups is 1. The van der Waals surface area contributed by atoms with Gasteiger partial charge in [0.1, 0.15) is 10.8 Å². The number of nitrogens with zero attached hydrogens (tertiary/aromatic N) is 2. The average molecular weight is 344 g/mol. The van der Waals surface area contributed by atoms with Crippen molar-refractivity contribution in [2.45, 2.75) is 45.1 Å². The van der Waals surface area contributed by atoms with Gasteiger partial charge in [-0.2, -0.15) is 0 Å². The van der Waals surface area contributed by atoms with E-state index in [1.165, 1.54) is 0 Å². The number of methoxy groups -OCH3 is 1. The number of amides is 1. The minimum absolute atomic E-state index is 0.130. The van der Waals surface area contributed by atoms with E-state index >= 15 is 0 Å². The predicted molar refractivity (Wildman–Crippen MR) is 96.6 cm³/mol. The van der Waals surface area contributed by atoms with Crippen LogP contribution in [0.4, 0.5) is 0 Å². The SMILES string of the molecule is COc1ccc([C@@H](C)C(=O)N2CCCC[C@@H]2c2nc(C)cs2)cc1. The van der Waals surface area contributed by atoms with E-state index in [9.17, 15) is 4.79 Å². The highest BCUT2D eigenvalue weighted by molar-refractivity contribution is 7.09. The van der Waals surface area contributed by atoms with Crippen molar-refractivity contribution in [2.75, 3.05) is 13.7 Å². The van der Waals surface area contributed by atoms with Crippen molar-refractivity contribution in [3.63, 3.8) is 0 Å². The number of aromatic nitrogens is 1. The Morgan fingerprint density at radius 1 is 1.33 bits per heavy atom. The molecule has 1 fully saturated rings. The van der Waals surface area contributed by atoms with Crippen LogP contribution in [0.15, 0.2) is 29.6 Å². The molecule has 2 aromatic rings. The highest BCUT2D eigenvalue weighted by atomic mass is 32.1. The van der Waals surface area contributed by atoms with Crippen LogP contribution < -0.4 is 4.74 Å². The molecule has 2 atom stereocenters. The van der Waals surface area contributed by atoms with Gasteiger partial charge in [0.2, 0.25) is 5.91 Å². The Balaban J connectivity index is 1.80. The second kappa shape index (κ2) is 7.34. The molecule has 0 radical (unpaired) electrons. The highest BCUT2D eigenvalue weighted by Crippen LogP contribution is 2.35. The molecular formula is C19H24N2O2S. The molecule has 0 N–H and O–H groups in total. The van der Waals surface area contributed by atoms with Crippen LogP contribution in [0.5, 0.6) is 5.75 Å². The zero-order valence-electron chi connectivity index (χ0n) is 14.5. The molecule has 1 aliphatic heterocycles. The number of rotatable bonds is 4. The molecule has 1 aromatic carbocycles. The Bertz CT molecular complexity index is 696. The van der Waals surface area contributed by atoms with Crippen LogP contribution in [0, 0.1) is 6.92 Å². The van der Waals surface area contributed by atoms with Crippen LogP contribution in [0.2, 0.25) is 0 Å². The topological polar surface area (TPSA) is 42.4 Å². The Kier molecular flexibility index (Phi) is 5.19. The summed E-state index contributed by atoms with van der Waals surface area (Å²) in [5.74, 6) is 0.850. The molecule has 4 nitrogen and oxygen atoms in total. The largest absolute Gasteiger partial charge is 0.497 e. The first kappa shape index (κ1) is 17.0. The molecule has 0 unspecified atom stereocenters. The first-order chi connectivity index (χ1) is 11.6. The van der Waals surface area contributed by atoms with Crippen LogP contribution in [-0.4, -0.2) is 29.4 Å². The molecule has 1 amide bonds. The summed E-state index contributed by atoms with van der Waals surface area (Å²) in [6.45, 7) is 4.82. The maximum absolute atomic E-state index is 13.1. The maximum Gasteiger partial charge on any atom is 0.230 e. The minimum atomic E-state index is -0.155. The second-order valence-corrected chi connectivity index (χ2v) is 7.25. The Hall–Kier alpha value is -1.88. The van der Waals surface area contributed by atoms with Gasteiger partial charge in [-0.05, 0) is 50.8 Å². The summed E-state index contributed by atoms with van der Waals surface area (Å²) in [4.78, 5) is 19.8. The molecule has 0 aliphatic carbocycles. The van der Waals surface area contributed by atoms with Crippen molar-refractivity contribution >= 4 is 17.2 Å². The maximum atomic E-state index is 13.1. The number of hydrogen-bond acceptors (Lipinski definition) is 4. The van der Waals surface area contributed by atoms with Crippen molar-refractivity contribution in [2.24, 2.45) is 0 Å². The van der Waals surface area contributed by atoms with Crippen LogP contribution in [0.25, 0.3) is 0 Å². The van der Waals surface area contributed by atoms with Gasteiger partial charge in [0, 0.05) is 17.6 Å². The predicted octanol–water partition coefficient (Wildman–Crippen LogP) is 4.32. The molecule has 1 aromatic heterocycles. The van der Waals surface area contributed by atoms with Crippen LogP contribution >= 0.6 is 11.3 Å². The summed E-state index contributed by atoms with van der Waals surface area (Å²) in [6.07, 6.45) is 3.24. The molecule has 0 spiro atoms. The van der Waals surface area contributed by atoms with Gasteiger partial charge in [-0.3, -0.25) is 4.79 Å². The molecule has 2 heterocycles. The number of carbonyl (C=O) groups excluding carboxylic acids is 1. The molecule has 24 heavy (non-hydrogen) atoms. The second-order valence-electron chi connectivity index (χ2n) is 6.37. The van der Waals surface area contributed by atoms with Gasteiger partial charge < -0.3 is 9.64 Å². The van der Waals surface area contributed by atoms with Crippen molar-refractivity contribution in [3.8, 4) is 5.75 Å². The highest BCUT2D eigenvalue weighted by Gasteiger charge is 2.32. The minimum Gasteiger partial charge on any atom is -0.497 e. The number of thiazole rings is 1. The summed E-state index contributed by atoms with van der Waals surface area (Å²) >= 11 is 1.67. The Morgan fingerprint density at radius 2 is 2.08 bits per heavy atom. The fourth-order valence-corrected chi connectivity index (χ4v) is 4.20. The molecule has 5 heteroatoms. The van der Waals surface area contributed by atoms with Gasteiger partial charge in [0.05, 0.1) is 19.1 Å². The number of likely N-dealkylation sites (tertiary alicyclic amines) is 1. The van der Waals surface area contributed by atoms with E-state index in [0.29, 0.717) is 0 Å². The third-order valence-corrected chi connectivity index (χ3v) is 5.76. The lowest BCUT2D eigenvalue weighted by Crippen LogP contribution is -2.40. The molecule has 0 bridgehead atoms. The monoisotopic (exact) mass is 344 g/mol. The van der Waals surface area contributed by atoms with Crippen molar-refractivity contribution in [3.05, 3.63) is 45.9 Å². The number of ether oxygens (including phenoxy) is 1. The van der Waals surface area contributed by atoms with Gasteiger partial charge in [0.15, 0.2) is 0 Å². The van der Waals surface area contributed by atoms with Gasteiger partial charge in [-0.25, -0.2) is 4.98 Å². The number of piperidine rings is 1. The fraction of sp³-hybridized carbons (Fsp3) is 0.474. The third kappa shape index (κ3) is 3.46. The smallest absolute Gasteiger partial charge is 0.230 e. The molecule has 1 aliphatic rings. The quantitative estimate of drug-likeness (QED) is 0.829. The zero-order valence-corrected chi connectivity index (χ0v) is 15.3. The zero-order chi connectivity index (χ0) is 17.1. The van der Waals surface area contributed by atoms with E-state index in [2.05, 4.69) is 10.4 Å². The lowest BCUT2D eigenvalue weighted by Gasteiger charge is -2.36. The number of hydrogen-bond donors (Lipinski definition) is 0. The molecule has 0 saturated carbocycles. The lowest BCUT2D eigenvalue weighted by molar-refractivity contribution is -0.136. The number of benzene rings is 1. The van der Waals surface area contributed by atoms with Gasteiger partial charge in [-0.15, -0.1) is 11.3 Å². The Morgan fingerprint density at radius 3 is 2.71 bits per heavy atom. The van der Waals surface area contributed by atoms with Crippen molar-refractivity contribution in [1.29, 1.82) is 0 Å². The van der Waals surface area contributed by atoms with E-state index in [4.69, 9.17) is 4.74 Å². The lowest BCUT2D eigenvalue weighted by atomic mass is 9.95. The van der Waals surface area contributed by atoms with Crippen LogP contribution in [0.3, 0.4) is 0 Å². The molecular weight excluding hydrogens is 320 g/mol. The first-order valence-electron chi connectivity index (χ1n) is 8.46. The van der Waals surface area contributed by atoms with Gasteiger partial charge >= 0.3 is 0 Å². The summed E-state index contributed by atoms with van der Waals surface area (Å²) in [6, 6.07) is 7.92.